The average Bonchev–Trinajstić information content (AvgIpc) is 2.54. The van der Waals surface area contributed by atoms with Gasteiger partial charge in [0.2, 0.25) is 5.95 Å². The minimum Gasteiger partial charge on any atom is -0.339 e. The van der Waals surface area contributed by atoms with Crippen LogP contribution in [0.2, 0.25) is 0 Å². The van der Waals surface area contributed by atoms with Crippen LogP contribution in [0.1, 0.15) is 17.8 Å². The van der Waals surface area contributed by atoms with Gasteiger partial charge in [0.05, 0.1) is 5.69 Å². The smallest absolute Gasteiger partial charge is 0.225 e. The first kappa shape index (κ1) is 13.2. The molecule has 1 N–H and O–H groups in total. The zero-order chi connectivity index (χ0) is 13.0. The molecule has 0 radical (unpaired) electrons. The van der Waals surface area contributed by atoms with Crippen molar-refractivity contribution in [2.24, 2.45) is 0 Å². The van der Waals surface area contributed by atoms with E-state index in [1.54, 1.807) is 0 Å². The molecule has 5 heteroatoms. The molecule has 100 valence electrons. The molecule has 2 heterocycles. The van der Waals surface area contributed by atoms with E-state index in [4.69, 9.17) is 0 Å². The van der Waals surface area contributed by atoms with Crippen molar-refractivity contribution in [2.45, 2.75) is 19.9 Å². The summed E-state index contributed by atoms with van der Waals surface area (Å²) in [4.78, 5) is 13.9. The Balaban J connectivity index is 2.15. The molecule has 1 saturated heterocycles. The Morgan fingerprint density at radius 1 is 1.22 bits per heavy atom. The summed E-state index contributed by atoms with van der Waals surface area (Å²) in [6.07, 6.45) is 1.18. The van der Waals surface area contributed by atoms with Gasteiger partial charge in [-0.1, -0.05) is 0 Å². The Morgan fingerprint density at radius 2 is 2.06 bits per heavy atom. The van der Waals surface area contributed by atoms with Crippen molar-refractivity contribution in [1.29, 1.82) is 0 Å². The Bertz CT molecular complexity index is 393. The summed E-state index contributed by atoms with van der Waals surface area (Å²) < 4.78 is 0. The molecule has 18 heavy (non-hydrogen) atoms. The van der Waals surface area contributed by atoms with Crippen molar-refractivity contribution < 1.29 is 0 Å². The normalized spacial score (nSPS) is 17.8. The Hall–Kier alpha value is -1.20. The molecule has 0 atom stereocenters. The summed E-state index contributed by atoms with van der Waals surface area (Å²) in [5.74, 6) is 0.885. The minimum atomic E-state index is 0.796. The highest BCUT2D eigenvalue weighted by Crippen LogP contribution is 2.13. The van der Waals surface area contributed by atoms with Crippen molar-refractivity contribution in [1.82, 2.24) is 20.2 Å². The molecule has 1 aliphatic heterocycles. The van der Waals surface area contributed by atoms with E-state index >= 15 is 0 Å². The lowest BCUT2D eigenvalue weighted by Crippen LogP contribution is -2.30. The second-order valence-corrected chi connectivity index (χ2v) is 4.97. The third kappa shape index (κ3) is 3.40. The molecular formula is C13H23N5. The summed E-state index contributed by atoms with van der Waals surface area (Å²) in [7, 11) is 4.12. The van der Waals surface area contributed by atoms with Crippen molar-refractivity contribution >= 4 is 5.95 Å². The zero-order valence-corrected chi connectivity index (χ0v) is 11.6. The molecule has 1 aliphatic rings. The van der Waals surface area contributed by atoms with Gasteiger partial charge in [0, 0.05) is 31.9 Å². The van der Waals surface area contributed by atoms with E-state index in [1.807, 2.05) is 20.0 Å². The van der Waals surface area contributed by atoms with Gasteiger partial charge in [-0.2, -0.15) is 0 Å². The lowest BCUT2D eigenvalue weighted by atomic mass is 10.3. The lowest BCUT2D eigenvalue weighted by Gasteiger charge is -2.21. The van der Waals surface area contributed by atoms with Gasteiger partial charge in [-0.25, -0.2) is 9.97 Å². The topological polar surface area (TPSA) is 44.3 Å². The van der Waals surface area contributed by atoms with E-state index in [-0.39, 0.29) is 0 Å². The predicted octanol–water partition coefficient (Wildman–Crippen LogP) is 0.646. The first-order valence-electron chi connectivity index (χ1n) is 6.61. The molecule has 0 spiro atoms. The molecule has 1 fully saturated rings. The monoisotopic (exact) mass is 249 g/mol. The first-order valence-corrected chi connectivity index (χ1v) is 6.61. The van der Waals surface area contributed by atoms with Gasteiger partial charge in [-0.05, 0) is 40.1 Å². The number of rotatable bonds is 3. The maximum Gasteiger partial charge on any atom is 0.225 e. The average molecular weight is 249 g/mol. The van der Waals surface area contributed by atoms with Gasteiger partial charge in [-0.15, -0.1) is 0 Å². The maximum atomic E-state index is 4.65. The van der Waals surface area contributed by atoms with Gasteiger partial charge in [0.1, 0.15) is 0 Å². The summed E-state index contributed by atoms with van der Waals surface area (Å²) in [6, 6.07) is 2.05. The zero-order valence-electron chi connectivity index (χ0n) is 11.6. The number of anilines is 1. The van der Waals surface area contributed by atoms with Gasteiger partial charge >= 0.3 is 0 Å². The molecule has 2 rings (SSSR count). The highest BCUT2D eigenvalue weighted by atomic mass is 15.3. The molecule has 0 aliphatic carbocycles. The lowest BCUT2D eigenvalue weighted by molar-refractivity contribution is 0.360. The molecule has 0 saturated carbocycles. The van der Waals surface area contributed by atoms with Gasteiger partial charge in [-0.3, -0.25) is 0 Å². The van der Waals surface area contributed by atoms with Crippen LogP contribution in [0.5, 0.6) is 0 Å². The Kier molecular flexibility index (Phi) is 4.49. The summed E-state index contributed by atoms with van der Waals surface area (Å²) >= 11 is 0. The van der Waals surface area contributed by atoms with Crippen LogP contribution < -0.4 is 10.2 Å². The quantitative estimate of drug-likeness (QED) is 0.852. The number of hydrogen-bond donors (Lipinski definition) is 1. The van der Waals surface area contributed by atoms with E-state index in [2.05, 4.69) is 32.1 Å². The molecule has 0 bridgehead atoms. The van der Waals surface area contributed by atoms with Crippen molar-refractivity contribution in [3.8, 4) is 0 Å². The SMILES string of the molecule is CNCc1cc(C)nc(N2CCCN(C)CC2)n1. The summed E-state index contributed by atoms with van der Waals surface area (Å²) in [5, 5.41) is 3.14. The van der Waals surface area contributed by atoms with Gasteiger partial charge in [0.15, 0.2) is 0 Å². The van der Waals surface area contributed by atoms with Crippen molar-refractivity contribution in [3.63, 3.8) is 0 Å². The maximum absolute atomic E-state index is 4.65. The van der Waals surface area contributed by atoms with E-state index in [9.17, 15) is 0 Å². The van der Waals surface area contributed by atoms with Gasteiger partial charge < -0.3 is 15.1 Å². The molecule has 0 unspecified atom stereocenters. The fraction of sp³-hybridized carbons (Fsp3) is 0.692. The Morgan fingerprint density at radius 3 is 2.83 bits per heavy atom. The number of nitrogens with one attached hydrogen (secondary N) is 1. The standard InChI is InChI=1S/C13H23N5/c1-11-9-12(10-14-2)16-13(15-11)18-6-4-5-17(3)7-8-18/h9,14H,4-8,10H2,1-3H3. The molecule has 1 aromatic heterocycles. The van der Waals surface area contributed by atoms with E-state index < -0.39 is 0 Å². The highest BCUT2D eigenvalue weighted by molar-refractivity contribution is 5.32. The van der Waals surface area contributed by atoms with Crippen LogP contribution in [0.15, 0.2) is 6.07 Å². The van der Waals surface area contributed by atoms with Crippen LogP contribution in [0, 0.1) is 6.92 Å². The highest BCUT2D eigenvalue weighted by Gasteiger charge is 2.15. The minimum absolute atomic E-state index is 0.796. The fourth-order valence-corrected chi connectivity index (χ4v) is 2.28. The number of likely N-dealkylation sites (N-methyl/N-ethyl adjacent to an activating group) is 1. The van der Waals surface area contributed by atoms with Crippen molar-refractivity contribution in [3.05, 3.63) is 17.5 Å². The second kappa shape index (κ2) is 6.11. The molecule has 1 aromatic rings. The van der Waals surface area contributed by atoms with E-state index in [0.717, 1.165) is 50.1 Å². The van der Waals surface area contributed by atoms with Crippen LogP contribution >= 0.6 is 0 Å². The van der Waals surface area contributed by atoms with Gasteiger partial charge in [0.25, 0.3) is 0 Å². The number of hydrogen-bond acceptors (Lipinski definition) is 5. The van der Waals surface area contributed by atoms with Crippen LogP contribution in [-0.4, -0.2) is 55.1 Å². The fourth-order valence-electron chi connectivity index (χ4n) is 2.28. The van der Waals surface area contributed by atoms with Crippen LogP contribution in [0.4, 0.5) is 5.95 Å². The third-order valence-electron chi connectivity index (χ3n) is 3.26. The number of aromatic nitrogens is 2. The van der Waals surface area contributed by atoms with Crippen LogP contribution in [0.25, 0.3) is 0 Å². The molecule has 5 nitrogen and oxygen atoms in total. The van der Waals surface area contributed by atoms with Crippen molar-refractivity contribution in [2.75, 3.05) is 45.2 Å². The second-order valence-electron chi connectivity index (χ2n) is 4.97. The van der Waals surface area contributed by atoms with Crippen LogP contribution in [-0.2, 0) is 6.54 Å². The molecular weight excluding hydrogens is 226 g/mol. The summed E-state index contributed by atoms with van der Waals surface area (Å²) in [6.45, 7) is 7.13. The largest absolute Gasteiger partial charge is 0.339 e. The molecule has 0 aromatic carbocycles. The predicted molar refractivity (Wildman–Crippen MR) is 73.9 cm³/mol. The number of nitrogens with zero attached hydrogens (tertiary/aromatic N) is 4. The number of aryl methyl sites for hydroxylation is 1. The van der Waals surface area contributed by atoms with Crippen LogP contribution in [0.3, 0.4) is 0 Å². The Labute approximate surface area is 109 Å². The molecule has 0 amide bonds. The summed E-state index contributed by atoms with van der Waals surface area (Å²) in [5.41, 5.74) is 2.11. The third-order valence-corrected chi connectivity index (χ3v) is 3.26. The first-order chi connectivity index (χ1) is 8.69. The van der Waals surface area contributed by atoms with E-state index in [0.29, 0.717) is 0 Å². The van der Waals surface area contributed by atoms with E-state index in [1.165, 1.54) is 6.42 Å².